The van der Waals surface area contributed by atoms with Crippen LogP contribution in [-0.4, -0.2) is 27.8 Å². The quantitative estimate of drug-likeness (QED) is 0.518. The zero-order valence-corrected chi connectivity index (χ0v) is 20.8. The first-order valence-electron chi connectivity index (χ1n) is 13.8. The van der Waals surface area contributed by atoms with E-state index in [0.29, 0.717) is 16.9 Å². The monoisotopic (exact) mass is 454 g/mol. The topological polar surface area (TPSA) is 43.1 Å². The molecule has 0 spiro atoms. The van der Waals surface area contributed by atoms with Crippen LogP contribution in [0.15, 0.2) is 41.7 Å². The molecule has 34 heavy (non-hydrogen) atoms. The van der Waals surface area contributed by atoms with Crippen LogP contribution in [0.5, 0.6) is 0 Å². The molecule has 2 aromatic rings. The van der Waals surface area contributed by atoms with Gasteiger partial charge in [0.25, 0.3) is 0 Å². The van der Waals surface area contributed by atoms with Gasteiger partial charge < -0.3 is 0 Å². The second-order valence-corrected chi connectivity index (χ2v) is 12.5. The molecule has 1 aromatic carbocycles. The van der Waals surface area contributed by atoms with Crippen LogP contribution >= 0.6 is 0 Å². The largest absolute Gasteiger partial charge is 0.292 e. The van der Waals surface area contributed by atoms with Gasteiger partial charge in [0.2, 0.25) is 0 Å². The van der Waals surface area contributed by atoms with Crippen molar-refractivity contribution in [2.45, 2.75) is 77.7 Å². The summed E-state index contributed by atoms with van der Waals surface area (Å²) in [5.41, 5.74) is 6.76. The van der Waals surface area contributed by atoms with Gasteiger partial charge in [0, 0.05) is 19.0 Å². The van der Waals surface area contributed by atoms with E-state index >= 15 is 0 Å². The molecular formula is C30H38N4. The summed E-state index contributed by atoms with van der Waals surface area (Å²) in [7, 11) is 0. The Labute approximate surface area is 203 Å². The molecule has 1 aromatic heterocycles. The molecule has 0 amide bonds. The first-order chi connectivity index (χ1) is 16.6. The van der Waals surface area contributed by atoms with Crippen LogP contribution in [0, 0.1) is 34.5 Å². The van der Waals surface area contributed by atoms with Crippen molar-refractivity contribution in [2.75, 3.05) is 6.54 Å². The van der Waals surface area contributed by atoms with Crippen molar-refractivity contribution in [2.24, 2.45) is 39.5 Å². The smallest absolute Gasteiger partial charge is 0.0693 e. The summed E-state index contributed by atoms with van der Waals surface area (Å²) < 4.78 is 2.14. The molecule has 2 unspecified atom stereocenters. The van der Waals surface area contributed by atoms with Crippen LogP contribution in [0.4, 0.5) is 0 Å². The first kappa shape index (κ1) is 21.1. The minimum Gasteiger partial charge on any atom is -0.292 e. The summed E-state index contributed by atoms with van der Waals surface area (Å²) in [6.45, 7) is 6.22. The van der Waals surface area contributed by atoms with Crippen molar-refractivity contribution in [3.05, 3.63) is 53.4 Å². The molecule has 0 radical (unpaired) electrons. The minimum atomic E-state index is 0.336. The lowest BCUT2D eigenvalue weighted by atomic mass is 9.44. The Morgan fingerprint density at radius 1 is 1.03 bits per heavy atom. The number of allylic oxidation sites excluding steroid dienone is 2. The molecule has 0 bridgehead atoms. The van der Waals surface area contributed by atoms with Crippen LogP contribution in [0.3, 0.4) is 0 Å². The molecule has 0 saturated heterocycles. The lowest BCUT2D eigenvalue weighted by molar-refractivity contribution is -0.103. The summed E-state index contributed by atoms with van der Waals surface area (Å²) >= 11 is 0. The Hall–Kier alpha value is -2.23. The van der Waals surface area contributed by atoms with Gasteiger partial charge in [-0.25, -0.2) is 4.68 Å². The standard InChI is InChI=1S/C30H38N4/c1-29-12-9-24(34-16-15-32-33-34)18-23(29)5-6-25-27-8-7-26(30(27,2)13-10-28(25)29)21-4-3-20-11-14-31-19-22(20)17-21/h3-4,7,15-17,19,23-25,27-28H,5-6,8-14,18H2,1-2H3/t23-,24-,25-,27-,28-,29?,30?/m0/s1. The van der Waals surface area contributed by atoms with Crippen LogP contribution in [-0.2, 0) is 6.42 Å². The number of hydrogen-bond donors (Lipinski definition) is 0. The SMILES string of the molecule is CC12CC[C@H]3[C@@H](CC[C@H]4C[C@@H](n5ccnn5)CCC43C)[C@@H]1CC=C2c1ccc2c(c1)C=NCC2. The van der Waals surface area contributed by atoms with Crippen molar-refractivity contribution in [1.29, 1.82) is 0 Å². The predicted molar refractivity (Wildman–Crippen MR) is 137 cm³/mol. The highest BCUT2D eigenvalue weighted by Gasteiger charge is 2.58. The Morgan fingerprint density at radius 2 is 1.97 bits per heavy atom. The second kappa shape index (κ2) is 7.63. The van der Waals surface area contributed by atoms with E-state index in [0.717, 1.165) is 36.6 Å². The molecule has 3 fully saturated rings. The highest BCUT2D eigenvalue weighted by atomic mass is 15.4. The number of fused-ring (bicyclic) bond motifs is 6. The average Bonchev–Trinajstić information content (AvgIpc) is 3.51. The van der Waals surface area contributed by atoms with Gasteiger partial charge in [-0.1, -0.05) is 37.3 Å². The number of aromatic nitrogens is 3. The molecule has 2 heterocycles. The Morgan fingerprint density at radius 3 is 2.85 bits per heavy atom. The highest BCUT2D eigenvalue weighted by molar-refractivity contribution is 5.86. The van der Waals surface area contributed by atoms with Crippen molar-refractivity contribution in [1.82, 2.24) is 15.0 Å². The fourth-order valence-electron chi connectivity index (χ4n) is 9.36. The third kappa shape index (κ3) is 2.99. The Balaban J connectivity index is 1.14. The van der Waals surface area contributed by atoms with Crippen molar-refractivity contribution in [3.8, 4) is 0 Å². The maximum Gasteiger partial charge on any atom is 0.0693 e. The van der Waals surface area contributed by atoms with Gasteiger partial charge in [-0.05, 0) is 121 Å². The molecule has 5 aliphatic rings. The Kier molecular flexibility index (Phi) is 4.73. The number of aliphatic imine (C=N–C) groups is 1. The first-order valence-corrected chi connectivity index (χ1v) is 13.8. The molecular weight excluding hydrogens is 416 g/mol. The van der Waals surface area contributed by atoms with Crippen LogP contribution < -0.4 is 0 Å². The van der Waals surface area contributed by atoms with E-state index in [-0.39, 0.29) is 0 Å². The van der Waals surface area contributed by atoms with E-state index in [1.54, 1.807) is 5.57 Å². The lowest BCUT2D eigenvalue weighted by Gasteiger charge is -2.61. The van der Waals surface area contributed by atoms with Crippen molar-refractivity contribution in [3.63, 3.8) is 0 Å². The van der Waals surface area contributed by atoms with Gasteiger partial charge in [0.05, 0.1) is 12.2 Å². The number of rotatable bonds is 2. The summed E-state index contributed by atoms with van der Waals surface area (Å²) in [4.78, 5) is 4.55. The van der Waals surface area contributed by atoms with E-state index in [2.05, 4.69) is 70.5 Å². The van der Waals surface area contributed by atoms with Gasteiger partial charge in [0.15, 0.2) is 0 Å². The maximum absolute atomic E-state index is 4.55. The third-order valence-corrected chi connectivity index (χ3v) is 11.2. The zero-order valence-electron chi connectivity index (χ0n) is 20.8. The van der Waals surface area contributed by atoms with E-state index in [4.69, 9.17) is 0 Å². The molecule has 7 rings (SSSR count). The molecule has 4 aliphatic carbocycles. The maximum atomic E-state index is 4.55. The third-order valence-electron chi connectivity index (χ3n) is 11.2. The van der Waals surface area contributed by atoms with Gasteiger partial charge in [-0.15, -0.1) is 5.10 Å². The molecule has 178 valence electrons. The predicted octanol–water partition coefficient (Wildman–Crippen LogP) is 6.53. The summed E-state index contributed by atoms with van der Waals surface area (Å²) in [6.07, 6.45) is 20.5. The lowest BCUT2D eigenvalue weighted by Crippen LogP contribution is -2.53. The van der Waals surface area contributed by atoms with Crippen LogP contribution in [0.1, 0.15) is 87.9 Å². The minimum absolute atomic E-state index is 0.336. The van der Waals surface area contributed by atoms with E-state index in [1.807, 2.05) is 6.20 Å². The van der Waals surface area contributed by atoms with E-state index < -0.39 is 0 Å². The second-order valence-electron chi connectivity index (χ2n) is 12.5. The summed E-state index contributed by atoms with van der Waals surface area (Å²) in [6, 6.07) is 7.78. The number of hydrogen-bond acceptors (Lipinski definition) is 3. The van der Waals surface area contributed by atoms with Gasteiger partial charge in [-0.3, -0.25) is 4.99 Å². The number of nitrogens with zero attached hydrogens (tertiary/aromatic N) is 4. The van der Waals surface area contributed by atoms with Crippen LogP contribution in [0.2, 0.25) is 0 Å². The van der Waals surface area contributed by atoms with E-state index in [9.17, 15) is 0 Å². The van der Waals surface area contributed by atoms with Gasteiger partial charge in [0.1, 0.15) is 0 Å². The average molecular weight is 455 g/mol. The molecule has 0 N–H and O–H groups in total. The molecule has 7 atom stereocenters. The number of benzene rings is 1. The molecule has 4 nitrogen and oxygen atoms in total. The molecule has 4 heteroatoms. The summed E-state index contributed by atoms with van der Waals surface area (Å²) in [5.74, 6) is 3.44. The fraction of sp³-hybridized carbons (Fsp3) is 0.633. The fourth-order valence-corrected chi connectivity index (χ4v) is 9.36. The van der Waals surface area contributed by atoms with E-state index in [1.165, 1.54) is 68.1 Å². The zero-order chi connectivity index (χ0) is 22.9. The van der Waals surface area contributed by atoms with Gasteiger partial charge in [-0.2, -0.15) is 0 Å². The highest BCUT2D eigenvalue weighted by Crippen LogP contribution is 2.68. The Bertz CT molecular complexity index is 1150. The summed E-state index contributed by atoms with van der Waals surface area (Å²) in [5, 5.41) is 8.43. The normalized spacial score (nSPS) is 40.6. The van der Waals surface area contributed by atoms with Gasteiger partial charge >= 0.3 is 0 Å². The molecule has 1 aliphatic heterocycles. The van der Waals surface area contributed by atoms with Crippen molar-refractivity contribution >= 4 is 11.8 Å². The van der Waals surface area contributed by atoms with Crippen molar-refractivity contribution < 1.29 is 0 Å². The van der Waals surface area contributed by atoms with Crippen LogP contribution in [0.25, 0.3) is 5.57 Å². The molecule has 3 saturated carbocycles.